The van der Waals surface area contributed by atoms with Crippen LogP contribution >= 0.6 is 11.8 Å². The molecule has 1 aliphatic heterocycles. The molecule has 2 fully saturated rings. The van der Waals surface area contributed by atoms with Crippen LogP contribution in [0.4, 0.5) is 0 Å². The largest absolute Gasteiger partial charge is 0.369 e. The minimum atomic E-state index is -0.346. The Kier molecular flexibility index (Phi) is 5.89. The van der Waals surface area contributed by atoms with Gasteiger partial charge in [-0.3, -0.25) is 19.0 Å². The van der Waals surface area contributed by atoms with Gasteiger partial charge in [-0.25, -0.2) is 4.98 Å². The van der Waals surface area contributed by atoms with E-state index in [1.807, 2.05) is 24.3 Å². The zero-order valence-electron chi connectivity index (χ0n) is 16.4. The number of hydrogen-bond acceptors (Lipinski definition) is 5. The van der Waals surface area contributed by atoms with Gasteiger partial charge in [-0.15, -0.1) is 0 Å². The topological polar surface area (TPSA) is 98.3 Å². The molecule has 1 saturated heterocycles. The van der Waals surface area contributed by atoms with Gasteiger partial charge in [0.05, 0.1) is 22.6 Å². The minimum absolute atomic E-state index is 0.0239. The third-order valence-corrected chi connectivity index (χ3v) is 6.90. The maximum absolute atomic E-state index is 13.2. The quantitative estimate of drug-likeness (QED) is 0.598. The molecule has 0 bridgehead atoms. The van der Waals surface area contributed by atoms with E-state index in [2.05, 4.69) is 0 Å². The van der Waals surface area contributed by atoms with Gasteiger partial charge in [-0.2, -0.15) is 0 Å². The van der Waals surface area contributed by atoms with Crippen molar-refractivity contribution in [3.8, 4) is 0 Å². The molecule has 1 atom stereocenters. The first-order valence-corrected chi connectivity index (χ1v) is 11.2. The van der Waals surface area contributed by atoms with E-state index in [9.17, 15) is 14.4 Å². The Balaban J connectivity index is 1.57. The highest BCUT2D eigenvalue weighted by molar-refractivity contribution is 7.99. The zero-order chi connectivity index (χ0) is 20.4. The maximum atomic E-state index is 13.2. The molecule has 0 unspecified atom stereocenters. The highest BCUT2D eigenvalue weighted by Crippen LogP contribution is 2.32. The van der Waals surface area contributed by atoms with Gasteiger partial charge in [-0.05, 0) is 37.8 Å². The number of hydrogen-bond donors (Lipinski definition) is 1. The molecule has 1 saturated carbocycles. The van der Waals surface area contributed by atoms with Crippen molar-refractivity contribution >= 4 is 34.5 Å². The molecule has 2 amide bonds. The first kappa shape index (κ1) is 19.9. The fraction of sp³-hybridized carbons (Fsp3) is 0.524. The average molecular weight is 415 g/mol. The zero-order valence-corrected chi connectivity index (χ0v) is 17.2. The van der Waals surface area contributed by atoms with Crippen molar-refractivity contribution in [2.24, 2.45) is 11.7 Å². The lowest BCUT2D eigenvalue weighted by atomic mass is 9.97. The summed E-state index contributed by atoms with van der Waals surface area (Å²) in [6, 6.07) is 7.52. The van der Waals surface area contributed by atoms with Gasteiger partial charge in [0.25, 0.3) is 5.56 Å². The van der Waals surface area contributed by atoms with Crippen molar-refractivity contribution in [3.63, 3.8) is 0 Å². The van der Waals surface area contributed by atoms with Gasteiger partial charge >= 0.3 is 0 Å². The molecule has 1 aliphatic carbocycles. The van der Waals surface area contributed by atoms with Gasteiger partial charge in [0, 0.05) is 19.1 Å². The first-order valence-electron chi connectivity index (χ1n) is 10.3. The van der Waals surface area contributed by atoms with Crippen molar-refractivity contribution in [1.29, 1.82) is 0 Å². The van der Waals surface area contributed by atoms with E-state index in [1.165, 1.54) is 11.8 Å². The number of likely N-dealkylation sites (tertiary alicyclic amines) is 1. The van der Waals surface area contributed by atoms with E-state index in [4.69, 9.17) is 10.7 Å². The molecule has 2 heterocycles. The monoisotopic (exact) mass is 414 g/mol. The standard InChI is InChI=1S/C21H26N4O3S/c22-19(27)14-6-5-11-24(12-14)18(26)13-29-21-23-17-10-4-3-9-16(17)20(28)25(21)15-7-1-2-8-15/h3-4,9-10,14-15H,1-2,5-8,11-13H2,(H2,22,27)/t14-/m1/s1. The first-order chi connectivity index (χ1) is 14.0. The van der Waals surface area contributed by atoms with Crippen molar-refractivity contribution in [2.45, 2.75) is 49.7 Å². The van der Waals surface area contributed by atoms with Crippen LogP contribution in [-0.2, 0) is 9.59 Å². The fourth-order valence-corrected chi connectivity index (χ4v) is 5.33. The molecule has 2 aromatic rings. The number of rotatable bonds is 5. The van der Waals surface area contributed by atoms with Gasteiger partial charge in [-0.1, -0.05) is 36.7 Å². The lowest BCUT2D eigenvalue weighted by molar-refractivity contribution is -0.132. The predicted octanol–water partition coefficient (Wildman–Crippen LogP) is 2.33. The summed E-state index contributed by atoms with van der Waals surface area (Å²) in [4.78, 5) is 43.8. The SMILES string of the molecule is NC(=O)[C@@H]1CCCN(C(=O)CSc2nc3ccccc3c(=O)n2C2CCCC2)C1. The molecular formula is C21H26N4O3S. The van der Waals surface area contributed by atoms with Crippen LogP contribution in [0.5, 0.6) is 0 Å². The van der Waals surface area contributed by atoms with Gasteiger partial charge in [0.15, 0.2) is 5.16 Å². The van der Waals surface area contributed by atoms with E-state index in [-0.39, 0.29) is 35.1 Å². The summed E-state index contributed by atoms with van der Waals surface area (Å²) < 4.78 is 1.80. The number of para-hydroxylation sites is 1. The van der Waals surface area contributed by atoms with E-state index in [0.717, 1.165) is 38.5 Å². The molecule has 0 radical (unpaired) electrons. The Bertz CT molecular complexity index is 984. The van der Waals surface area contributed by atoms with Crippen molar-refractivity contribution in [3.05, 3.63) is 34.6 Å². The Labute approximate surface area is 173 Å². The second-order valence-corrected chi connectivity index (χ2v) is 8.84. The smallest absolute Gasteiger partial charge is 0.262 e. The number of thioether (sulfide) groups is 1. The molecule has 8 heteroatoms. The lowest BCUT2D eigenvalue weighted by Gasteiger charge is -2.31. The summed E-state index contributed by atoms with van der Waals surface area (Å²) in [5.74, 6) is -0.459. The summed E-state index contributed by atoms with van der Waals surface area (Å²) in [5.41, 5.74) is 6.06. The van der Waals surface area contributed by atoms with Crippen LogP contribution in [0.3, 0.4) is 0 Å². The van der Waals surface area contributed by atoms with Crippen molar-refractivity contribution in [1.82, 2.24) is 14.5 Å². The van der Waals surface area contributed by atoms with E-state index < -0.39 is 0 Å². The number of piperidine rings is 1. The summed E-state index contributed by atoms with van der Waals surface area (Å²) in [7, 11) is 0. The van der Waals surface area contributed by atoms with Gasteiger partial charge in [0.1, 0.15) is 0 Å². The Hall–Kier alpha value is -2.35. The number of aromatic nitrogens is 2. The molecule has 2 N–H and O–H groups in total. The highest BCUT2D eigenvalue weighted by atomic mass is 32.2. The van der Waals surface area contributed by atoms with Crippen molar-refractivity contribution in [2.75, 3.05) is 18.8 Å². The summed E-state index contributed by atoms with van der Waals surface area (Å²) >= 11 is 1.32. The number of primary amides is 1. The second kappa shape index (κ2) is 8.57. The Morgan fingerprint density at radius 3 is 2.66 bits per heavy atom. The average Bonchev–Trinajstić information content (AvgIpc) is 3.26. The Morgan fingerprint density at radius 1 is 1.14 bits per heavy atom. The summed E-state index contributed by atoms with van der Waals surface area (Å²) in [6.07, 6.45) is 5.66. The lowest BCUT2D eigenvalue weighted by Crippen LogP contribution is -2.44. The number of fused-ring (bicyclic) bond motifs is 1. The van der Waals surface area contributed by atoms with Crippen LogP contribution in [0.25, 0.3) is 10.9 Å². The third-order valence-electron chi connectivity index (χ3n) is 5.97. The fourth-order valence-electron chi connectivity index (χ4n) is 4.37. The molecule has 0 spiro atoms. The number of carbonyl (C=O) groups excluding carboxylic acids is 2. The maximum Gasteiger partial charge on any atom is 0.262 e. The number of nitrogens with zero attached hydrogens (tertiary/aromatic N) is 3. The molecule has 7 nitrogen and oxygen atoms in total. The molecule has 154 valence electrons. The van der Waals surface area contributed by atoms with E-state index >= 15 is 0 Å². The number of amides is 2. The second-order valence-electron chi connectivity index (χ2n) is 7.89. The predicted molar refractivity (Wildman–Crippen MR) is 113 cm³/mol. The molecule has 2 aliphatic rings. The van der Waals surface area contributed by atoms with Crippen LogP contribution in [-0.4, -0.2) is 45.1 Å². The number of nitrogens with two attached hydrogens (primary N) is 1. The van der Waals surface area contributed by atoms with Gasteiger partial charge < -0.3 is 10.6 Å². The molecule has 1 aromatic carbocycles. The van der Waals surface area contributed by atoms with Crippen LogP contribution < -0.4 is 11.3 Å². The van der Waals surface area contributed by atoms with Crippen LogP contribution in [0.15, 0.2) is 34.2 Å². The highest BCUT2D eigenvalue weighted by Gasteiger charge is 2.28. The summed E-state index contributed by atoms with van der Waals surface area (Å²) in [6.45, 7) is 1.03. The molecule has 1 aromatic heterocycles. The van der Waals surface area contributed by atoms with Crippen LogP contribution in [0, 0.1) is 5.92 Å². The van der Waals surface area contributed by atoms with E-state index in [0.29, 0.717) is 29.1 Å². The molecular weight excluding hydrogens is 388 g/mol. The van der Waals surface area contributed by atoms with Crippen LogP contribution in [0.1, 0.15) is 44.6 Å². The molecule has 29 heavy (non-hydrogen) atoms. The normalized spacial score (nSPS) is 20.3. The van der Waals surface area contributed by atoms with Gasteiger partial charge in [0.2, 0.25) is 11.8 Å². The molecule has 4 rings (SSSR count). The third kappa shape index (κ3) is 4.17. The van der Waals surface area contributed by atoms with Crippen molar-refractivity contribution < 1.29 is 9.59 Å². The summed E-state index contributed by atoms with van der Waals surface area (Å²) in [5, 5.41) is 1.23. The Morgan fingerprint density at radius 2 is 1.90 bits per heavy atom. The number of carbonyl (C=O) groups is 2. The number of benzene rings is 1. The minimum Gasteiger partial charge on any atom is -0.369 e. The van der Waals surface area contributed by atoms with E-state index in [1.54, 1.807) is 9.47 Å². The van der Waals surface area contributed by atoms with Crippen LogP contribution in [0.2, 0.25) is 0 Å².